The molecule has 0 saturated heterocycles. The van der Waals surface area contributed by atoms with Crippen molar-refractivity contribution in [3.05, 3.63) is 29.8 Å². The number of nitrogens with one attached hydrogen (secondary N) is 1. The molecule has 0 aliphatic rings. The van der Waals surface area contributed by atoms with E-state index in [1.165, 1.54) is 14.0 Å². The summed E-state index contributed by atoms with van der Waals surface area (Å²) >= 11 is 0. The lowest BCUT2D eigenvalue weighted by molar-refractivity contribution is 0.101. The molecule has 0 aliphatic heterocycles. The van der Waals surface area contributed by atoms with Crippen molar-refractivity contribution in [3.63, 3.8) is 0 Å². The van der Waals surface area contributed by atoms with Gasteiger partial charge in [-0.05, 0) is 31.2 Å². The van der Waals surface area contributed by atoms with Crippen LogP contribution in [0.15, 0.2) is 24.3 Å². The highest BCUT2D eigenvalue weighted by atomic mass is 32.2. The maximum absolute atomic E-state index is 11.5. The standard InChI is InChI=1S/C11H15NO4S/c1-9(13)10-3-5-11(6-4-10)12-17(14,15)8-7-16-2/h3-6,12H,7-8H2,1-2H3. The molecule has 0 radical (unpaired) electrons. The molecule has 1 aromatic carbocycles. The van der Waals surface area contributed by atoms with Crippen molar-refractivity contribution in [3.8, 4) is 0 Å². The van der Waals surface area contributed by atoms with Gasteiger partial charge in [-0.15, -0.1) is 0 Å². The van der Waals surface area contributed by atoms with E-state index in [0.717, 1.165) is 0 Å². The number of carbonyl (C=O) groups is 1. The zero-order valence-electron chi connectivity index (χ0n) is 9.76. The second kappa shape index (κ2) is 5.79. The molecule has 0 fully saturated rings. The Hall–Kier alpha value is -1.40. The van der Waals surface area contributed by atoms with Gasteiger partial charge in [0.1, 0.15) is 0 Å². The summed E-state index contributed by atoms with van der Waals surface area (Å²) in [6.45, 7) is 1.60. The molecule has 0 bridgehead atoms. The van der Waals surface area contributed by atoms with E-state index in [1.54, 1.807) is 24.3 Å². The average molecular weight is 257 g/mol. The van der Waals surface area contributed by atoms with E-state index in [9.17, 15) is 13.2 Å². The zero-order valence-corrected chi connectivity index (χ0v) is 10.6. The fourth-order valence-electron chi connectivity index (χ4n) is 1.20. The smallest absolute Gasteiger partial charge is 0.234 e. The maximum atomic E-state index is 11.5. The van der Waals surface area contributed by atoms with Gasteiger partial charge in [0.15, 0.2) is 5.78 Å². The van der Waals surface area contributed by atoms with E-state index >= 15 is 0 Å². The van der Waals surface area contributed by atoms with Crippen LogP contribution in [-0.2, 0) is 14.8 Å². The Morgan fingerprint density at radius 1 is 1.29 bits per heavy atom. The molecular formula is C11H15NO4S. The summed E-state index contributed by atoms with van der Waals surface area (Å²) in [5.41, 5.74) is 0.982. The van der Waals surface area contributed by atoms with Crippen LogP contribution in [0, 0.1) is 0 Å². The molecule has 0 spiro atoms. The number of ketones is 1. The van der Waals surface area contributed by atoms with Crippen molar-refractivity contribution in [1.29, 1.82) is 0 Å². The topological polar surface area (TPSA) is 72.5 Å². The van der Waals surface area contributed by atoms with Crippen molar-refractivity contribution in [2.45, 2.75) is 6.92 Å². The summed E-state index contributed by atoms with van der Waals surface area (Å²) in [5, 5.41) is 0. The summed E-state index contributed by atoms with van der Waals surface area (Å²) in [6.07, 6.45) is 0. The molecular weight excluding hydrogens is 242 g/mol. The van der Waals surface area contributed by atoms with Gasteiger partial charge < -0.3 is 4.74 Å². The van der Waals surface area contributed by atoms with E-state index < -0.39 is 10.0 Å². The first-order valence-corrected chi connectivity index (χ1v) is 6.70. The molecule has 0 aliphatic carbocycles. The minimum atomic E-state index is -3.39. The summed E-state index contributed by atoms with van der Waals surface area (Å²) in [5.74, 6) is -0.156. The van der Waals surface area contributed by atoms with E-state index in [-0.39, 0.29) is 18.1 Å². The van der Waals surface area contributed by atoms with Gasteiger partial charge >= 0.3 is 0 Å². The molecule has 0 unspecified atom stereocenters. The van der Waals surface area contributed by atoms with Crippen LogP contribution in [0.4, 0.5) is 5.69 Å². The van der Waals surface area contributed by atoms with Gasteiger partial charge in [-0.3, -0.25) is 9.52 Å². The first-order chi connectivity index (χ1) is 7.94. The van der Waals surface area contributed by atoms with Gasteiger partial charge in [0, 0.05) is 18.4 Å². The van der Waals surface area contributed by atoms with Gasteiger partial charge in [0.25, 0.3) is 0 Å². The Kier molecular flexibility index (Phi) is 4.65. The number of carbonyl (C=O) groups excluding carboxylic acids is 1. The second-order valence-electron chi connectivity index (χ2n) is 3.55. The van der Waals surface area contributed by atoms with Crippen LogP contribution in [0.2, 0.25) is 0 Å². The summed E-state index contributed by atoms with van der Waals surface area (Å²) in [4.78, 5) is 11.0. The van der Waals surface area contributed by atoms with Crippen LogP contribution < -0.4 is 4.72 Å². The number of sulfonamides is 1. The number of hydrogen-bond acceptors (Lipinski definition) is 4. The number of Topliss-reactive ketones (excluding diaryl/α,β-unsaturated/α-hetero) is 1. The number of rotatable bonds is 6. The van der Waals surface area contributed by atoms with Crippen molar-refractivity contribution in [2.24, 2.45) is 0 Å². The van der Waals surface area contributed by atoms with Crippen molar-refractivity contribution < 1.29 is 17.9 Å². The monoisotopic (exact) mass is 257 g/mol. The largest absolute Gasteiger partial charge is 0.384 e. The van der Waals surface area contributed by atoms with Crippen LogP contribution in [0.25, 0.3) is 0 Å². The van der Waals surface area contributed by atoms with E-state index in [2.05, 4.69) is 4.72 Å². The van der Waals surface area contributed by atoms with Crippen LogP contribution in [0.3, 0.4) is 0 Å². The third-order valence-corrected chi connectivity index (χ3v) is 3.37. The number of benzene rings is 1. The molecule has 6 heteroatoms. The molecule has 0 aromatic heterocycles. The van der Waals surface area contributed by atoms with Gasteiger partial charge in [-0.25, -0.2) is 8.42 Å². The molecule has 0 atom stereocenters. The third kappa shape index (κ3) is 4.54. The number of ether oxygens (including phenoxy) is 1. The fourth-order valence-corrected chi connectivity index (χ4v) is 2.18. The quantitative estimate of drug-likeness (QED) is 0.779. The Morgan fingerprint density at radius 2 is 1.88 bits per heavy atom. The zero-order chi connectivity index (χ0) is 12.9. The highest BCUT2D eigenvalue weighted by Gasteiger charge is 2.09. The Bertz CT molecular complexity index is 479. The normalized spacial score (nSPS) is 11.2. The van der Waals surface area contributed by atoms with Gasteiger partial charge in [0.05, 0.1) is 12.4 Å². The molecule has 0 amide bonds. The summed E-state index contributed by atoms with van der Waals surface area (Å²) < 4.78 is 30.1. The minimum absolute atomic E-state index is 0.0567. The van der Waals surface area contributed by atoms with E-state index in [4.69, 9.17) is 4.74 Å². The molecule has 1 aromatic rings. The number of hydrogen-bond donors (Lipinski definition) is 1. The molecule has 1 rings (SSSR count). The van der Waals surface area contributed by atoms with Crippen molar-refractivity contribution in [1.82, 2.24) is 0 Å². The lowest BCUT2D eigenvalue weighted by atomic mass is 10.1. The molecule has 5 nitrogen and oxygen atoms in total. The maximum Gasteiger partial charge on any atom is 0.234 e. The van der Waals surface area contributed by atoms with Crippen LogP contribution in [0.5, 0.6) is 0 Å². The Morgan fingerprint density at radius 3 is 2.35 bits per heavy atom. The van der Waals surface area contributed by atoms with Gasteiger partial charge in [-0.2, -0.15) is 0 Å². The fraction of sp³-hybridized carbons (Fsp3) is 0.364. The molecule has 1 N–H and O–H groups in total. The van der Waals surface area contributed by atoms with E-state index in [0.29, 0.717) is 11.3 Å². The van der Waals surface area contributed by atoms with Crippen molar-refractivity contribution in [2.75, 3.05) is 24.2 Å². The predicted octanol–water partition coefficient (Wildman–Crippen LogP) is 1.28. The highest BCUT2D eigenvalue weighted by Crippen LogP contribution is 2.11. The first-order valence-electron chi connectivity index (χ1n) is 5.05. The third-order valence-electron chi connectivity index (χ3n) is 2.12. The second-order valence-corrected chi connectivity index (χ2v) is 5.39. The van der Waals surface area contributed by atoms with Crippen LogP contribution in [-0.4, -0.2) is 33.7 Å². The van der Waals surface area contributed by atoms with Gasteiger partial charge in [-0.1, -0.05) is 0 Å². The highest BCUT2D eigenvalue weighted by molar-refractivity contribution is 7.92. The Labute approximate surface area is 101 Å². The average Bonchev–Trinajstić information content (AvgIpc) is 2.26. The van der Waals surface area contributed by atoms with Gasteiger partial charge in [0.2, 0.25) is 10.0 Å². The van der Waals surface area contributed by atoms with Crippen LogP contribution >= 0.6 is 0 Å². The molecule has 94 valence electrons. The molecule has 0 heterocycles. The van der Waals surface area contributed by atoms with Crippen molar-refractivity contribution >= 4 is 21.5 Å². The van der Waals surface area contributed by atoms with E-state index in [1.807, 2.05) is 0 Å². The lowest BCUT2D eigenvalue weighted by Crippen LogP contribution is -2.19. The Balaban J connectivity index is 2.72. The lowest BCUT2D eigenvalue weighted by Gasteiger charge is -2.07. The summed E-state index contributed by atoms with van der Waals surface area (Å²) in [6, 6.07) is 6.27. The summed E-state index contributed by atoms with van der Waals surface area (Å²) in [7, 11) is -1.95. The molecule has 17 heavy (non-hydrogen) atoms. The minimum Gasteiger partial charge on any atom is -0.384 e. The predicted molar refractivity (Wildman–Crippen MR) is 65.7 cm³/mol. The SMILES string of the molecule is COCCS(=O)(=O)Nc1ccc(C(C)=O)cc1. The van der Waals surface area contributed by atoms with Crippen LogP contribution in [0.1, 0.15) is 17.3 Å². The number of methoxy groups -OCH3 is 1. The number of anilines is 1. The molecule has 0 saturated carbocycles. The first kappa shape index (κ1) is 13.7.